The second-order valence-corrected chi connectivity index (χ2v) is 8.91. The molecule has 0 bridgehead atoms. The highest BCUT2D eigenvalue weighted by Gasteiger charge is 2.30. The van der Waals surface area contributed by atoms with Crippen LogP contribution in [0.1, 0.15) is 30.5 Å². The standard InChI is InChI=1S/C27H31Cl2NO2/c1-3-30(4-2)17-18-32-26-15-9-23(10-16-26)27(31,19-21-5-11-24(28)12-6-21)20-22-7-13-25(29)14-8-22/h5-16,31H,3-4,17-20H2,1-2H3. The Kier molecular flexibility index (Phi) is 9.01. The molecular formula is C27H31Cl2NO2. The lowest BCUT2D eigenvalue weighted by molar-refractivity contribution is 0.0371. The molecule has 0 amide bonds. The lowest BCUT2D eigenvalue weighted by Crippen LogP contribution is -2.31. The molecule has 1 N–H and O–H groups in total. The predicted molar refractivity (Wildman–Crippen MR) is 134 cm³/mol. The molecule has 0 unspecified atom stereocenters. The molecule has 0 aromatic heterocycles. The zero-order valence-electron chi connectivity index (χ0n) is 18.7. The molecule has 3 nitrogen and oxygen atoms in total. The molecule has 3 aromatic rings. The first-order valence-electron chi connectivity index (χ1n) is 11.1. The molecule has 0 radical (unpaired) electrons. The fraction of sp³-hybridized carbons (Fsp3) is 0.333. The monoisotopic (exact) mass is 471 g/mol. The highest BCUT2D eigenvalue weighted by Crippen LogP contribution is 2.32. The Labute approximate surface area is 201 Å². The van der Waals surface area contributed by atoms with E-state index in [2.05, 4.69) is 18.7 Å². The molecule has 0 atom stereocenters. The molecule has 32 heavy (non-hydrogen) atoms. The van der Waals surface area contributed by atoms with Gasteiger partial charge in [-0.05, 0) is 66.2 Å². The van der Waals surface area contributed by atoms with Crippen molar-refractivity contribution in [1.29, 1.82) is 0 Å². The molecule has 170 valence electrons. The van der Waals surface area contributed by atoms with Crippen LogP contribution in [0.25, 0.3) is 0 Å². The summed E-state index contributed by atoms with van der Waals surface area (Å²) in [6, 6.07) is 23.0. The van der Waals surface area contributed by atoms with Crippen LogP contribution in [0.2, 0.25) is 10.0 Å². The fourth-order valence-electron chi connectivity index (χ4n) is 3.84. The van der Waals surface area contributed by atoms with Crippen LogP contribution in [-0.2, 0) is 18.4 Å². The molecule has 0 fully saturated rings. The second kappa shape index (κ2) is 11.7. The van der Waals surface area contributed by atoms with Gasteiger partial charge in [0.1, 0.15) is 12.4 Å². The highest BCUT2D eigenvalue weighted by atomic mass is 35.5. The average molecular weight is 472 g/mol. The maximum absolute atomic E-state index is 11.8. The summed E-state index contributed by atoms with van der Waals surface area (Å²) in [7, 11) is 0. The zero-order chi connectivity index (χ0) is 23.0. The minimum atomic E-state index is -1.08. The molecule has 0 spiro atoms. The van der Waals surface area contributed by atoms with E-state index in [9.17, 15) is 5.11 Å². The summed E-state index contributed by atoms with van der Waals surface area (Å²) < 4.78 is 5.92. The van der Waals surface area contributed by atoms with E-state index in [1.54, 1.807) is 0 Å². The van der Waals surface area contributed by atoms with Crippen molar-refractivity contribution in [2.75, 3.05) is 26.2 Å². The highest BCUT2D eigenvalue weighted by molar-refractivity contribution is 6.30. The average Bonchev–Trinajstić information content (AvgIpc) is 2.80. The van der Waals surface area contributed by atoms with Crippen molar-refractivity contribution in [3.05, 3.63) is 99.5 Å². The number of ether oxygens (including phenoxy) is 1. The number of nitrogens with zero attached hydrogens (tertiary/aromatic N) is 1. The Hall–Kier alpha value is -2.04. The third kappa shape index (κ3) is 6.98. The maximum Gasteiger partial charge on any atom is 0.119 e. The molecule has 0 saturated carbocycles. The lowest BCUT2D eigenvalue weighted by Gasteiger charge is -2.30. The number of aliphatic hydroxyl groups is 1. The SMILES string of the molecule is CCN(CC)CCOc1ccc(C(O)(Cc2ccc(Cl)cc2)Cc2ccc(Cl)cc2)cc1. The first-order valence-corrected chi connectivity index (χ1v) is 11.8. The molecular weight excluding hydrogens is 441 g/mol. The zero-order valence-corrected chi connectivity index (χ0v) is 20.2. The normalized spacial score (nSPS) is 11.7. The van der Waals surface area contributed by atoms with Gasteiger partial charge in [0, 0.05) is 29.4 Å². The Morgan fingerprint density at radius 3 is 1.66 bits per heavy atom. The first-order chi connectivity index (χ1) is 15.4. The number of benzene rings is 3. The summed E-state index contributed by atoms with van der Waals surface area (Å²) in [5, 5.41) is 13.2. The van der Waals surface area contributed by atoms with Gasteiger partial charge >= 0.3 is 0 Å². The van der Waals surface area contributed by atoms with E-state index in [4.69, 9.17) is 27.9 Å². The van der Waals surface area contributed by atoms with Crippen molar-refractivity contribution in [2.45, 2.75) is 32.3 Å². The van der Waals surface area contributed by atoms with Gasteiger partial charge in [0.25, 0.3) is 0 Å². The summed E-state index contributed by atoms with van der Waals surface area (Å²) >= 11 is 12.1. The molecule has 0 saturated heterocycles. The molecule has 0 heterocycles. The van der Waals surface area contributed by atoms with Gasteiger partial charge in [0.15, 0.2) is 0 Å². The van der Waals surface area contributed by atoms with E-state index in [1.165, 1.54) is 0 Å². The fourth-order valence-corrected chi connectivity index (χ4v) is 4.09. The molecule has 3 aromatic carbocycles. The summed E-state index contributed by atoms with van der Waals surface area (Å²) in [5.74, 6) is 0.807. The van der Waals surface area contributed by atoms with Crippen molar-refractivity contribution in [3.8, 4) is 5.75 Å². The Bertz CT molecular complexity index is 905. The maximum atomic E-state index is 11.8. The van der Waals surface area contributed by atoms with Gasteiger partial charge in [0.2, 0.25) is 0 Å². The van der Waals surface area contributed by atoms with Crippen LogP contribution in [0.5, 0.6) is 5.75 Å². The van der Waals surface area contributed by atoms with Crippen LogP contribution < -0.4 is 4.74 Å². The molecule has 0 aliphatic heterocycles. The van der Waals surface area contributed by atoms with Crippen LogP contribution in [0.4, 0.5) is 0 Å². The summed E-state index contributed by atoms with van der Waals surface area (Å²) in [5.41, 5.74) is 1.80. The van der Waals surface area contributed by atoms with Crippen molar-refractivity contribution in [3.63, 3.8) is 0 Å². The van der Waals surface area contributed by atoms with Crippen LogP contribution in [0.15, 0.2) is 72.8 Å². The third-order valence-corrected chi connectivity index (χ3v) is 6.29. The summed E-state index contributed by atoms with van der Waals surface area (Å²) in [6.45, 7) is 7.87. The van der Waals surface area contributed by atoms with E-state index in [-0.39, 0.29) is 0 Å². The van der Waals surface area contributed by atoms with Gasteiger partial charge in [0.05, 0.1) is 5.60 Å². The number of hydrogen-bond acceptors (Lipinski definition) is 3. The predicted octanol–water partition coefficient (Wildman–Crippen LogP) is 6.39. The first kappa shape index (κ1) is 24.6. The van der Waals surface area contributed by atoms with Gasteiger partial charge in [-0.2, -0.15) is 0 Å². The molecule has 3 rings (SSSR count). The van der Waals surface area contributed by atoms with Crippen molar-refractivity contribution >= 4 is 23.2 Å². The van der Waals surface area contributed by atoms with Crippen LogP contribution in [0.3, 0.4) is 0 Å². The van der Waals surface area contributed by atoms with Gasteiger partial charge < -0.3 is 14.7 Å². The molecule has 0 aliphatic carbocycles. The van der Waals surface area contributed by atoms with Gasteiger partial charge in [-0.3, -0.25) is 0 Å². The van der Waals surface area contributed by atoms with Gasteiger partial charge in [-0.25, -0.2) is 0 Å². The van der Waals surface area contributed by atoms with Gasteiger partial charge in [-0.1, -0.05) is 73.4 Å². The lowest BCUT2D eigenvalue weighted by atomic mass is 9.82. The van der Waals surface area contributed by atoms with Crippen LogP contribution in [-0.4, -0.2) is 36.2 Å². The van der Waals surface area contributed by atoms with Crippen molar-refractivity contribution in [2.24, 2.45) is 0 Å². The Balaban J connectivity index is 1.78. The summed E-state index contributed by atoms with van der Waals surface area (Å²) in [6.07, 6.45) is 0.934. The Morgan fingerprint density at radius 2 is 1.22 bits per heavy atom. The number of halogens is 2. The molecule has 5 heteroatoms. The number of rotatable bonds is 11. The number of hydrogen-bond donors (Lipinski definition) is 1. The van der Waals surface area contributed by atoms with E-state index < -0.39 is 5.60 Å². The smallest absolute Gasteiger partial charge is 0.119 e. The minimum Gasteiger partial charge on any atom is -0.492 e. The van der Waals surface area contributed by atoms with Crippen molar-refractivity contribution < 1.29 is 9.84 Å². The van der Waals surface area contributed by atoms with Crippen LogP contribution in [0, 0.1) is 0 Å². The number of likely N-dealkylation sites (N-methyl/N-ethyl adjacent to an activating group) is 1. The van der Waals surface area contributed by atoms with Gasteiger partial charge in [-0.15, -0.1) is 0 Å². The molecule has 0 aliphatic rings. The quantitative estimate of drug-likeness (QED) is 0.351. The van der Waals surface area contributed by atoms with Crippen molar-refractivity contribution in [1.82, 2.24) is 4.90 Å². The van der Waals surface area contributed by atoms with E-state index in [0.29, 0.717) is 29.5 Å². The third-order valence-electron chi connectivity index (χ3n) is 5.78. The largest absolute Gasteiger partial charge is 0.492 e. The van der Waals surface area contributed by atoms with E-state index >= 15 is 0 Å². The summed E-state index contributed by atoms with van der Waals surface area (Å²) in [4.78, 5) is 2.32. The second-order valence-electron chi connectivity index (χ2n) is 8.04. The van der Waals surface area contributed by atoms with E-state index in [1.807, 2.05) is 72.8 Å². The Morgan fingerprint density at radius 1 is 0.750 bits per heavy atom. The topological polar surface area (TPSA) is 32.7 Å². The van der Waals surface area contributed by atoms with E-state index in [0.717, 1.165) is 42.1 Å². The van der Waals surface area contributed by atoms with Crippen LogP contribution >= 0.6 is 23.2 Å². The minimum absolute atomic E-state index is 0.467.